The molecule has 0 bridgehead atoms. The van der Waals surface area contributed by atoms with Crippen LogP contribution in [0.25, 0.3) is 22.0 Å². The van der Waals surface area contributed by atoms with Gasteiger partial charge in [-0.05, 0) is 55.0 Å². The molecule has 1 N–H and O–H groups in total. The number of aromatic amines is 1. The van der Waals surface area contributed by atoms with E-state index in [2.05, 4.69) is 40.4 Å². The minimum absolute atomic E-state index is 0.0957. The average molecular weight is 432 g/mol. The first kappa shape index (κ1) is 20.4. The van der Waals surface area contributed by atoms with Gasteiger partial charge in [0, 0.05) is 42.7 Å². The second kappa shape index (κ2) is 8.57. The molecule has 4 aromatic rings. The minimum atomic E-state index is -0.242. The monoisotopic (exact) mass is 431 g/mol. The van der Waals surface area contributed by atoms with Gasteiger partial charge in [-0.25, -0.2) is 4.39 Å². The first-order chi connectivity index (χ1) is 15.6. The summed E-state index contributed by atoms with van der Waals surface area (Å²) in [7, 11) is 0. The quantitative estimate of drug-likeness (QED) is 0.491. The number of hydrogen-bond donors (Lipinski definition) is 1. The van der Waals surface area contributed by atoms with Crippen LogP contribution in [0.5, 0.6) is 0 Å². The van der Waals surface area contributed by atoms with Crippen molar-refractivity contribution in [3.05, 3.63) is 72.4 Å². The fraction of sp³-hybridized carbons (Fsp3) is 0.320. The second-order valence-electron chi connectivity index (χ2n) is 8.68. The molecule has 2 aromatic carbocycles. The molecule has 5 rings (SSSR count). The highest BCUT2D eigenvalue weighted by Crippen LogP contribution is 2.28. The molecule has 0 radical (unpaired) electrons. The van der Waals surface area contributed by atoms with Gasteiger partial charge in [0.2, 0.25) is 5.91 Å². The van der Waals surface area contributed by atoms with E-state index in [-0.39, 0.29) is 17.8 Å². The number of amides is 1. The van der Waals surface area contributed by atoms with E-state index < -0.39 is 0 Å². The third-order valence-electron chi connectivity index (χ3n) is 6.45. The third kappa shape index (κ3) is 4.02. The first-order valence-electron chi connectivity index (χ1n) is 11.1. The smallest absolute Gasteiger partial charge is 0.223 e. The minimum Gasteiger partial charge on any atom is -0.340 e. The van der Waals surface area contributed by atoms with E-state index in [1.54, 1.807) is 12.1 Å². The third-order valence-corrected chi connectivity index (χ3v) is 6.45. The number of nitrogens with zero attached hydrogens (tertiary/aromatic N) is 4. The predicted molar refractivity (Wildman–Crippen MR) is 121 cm³/mol. The molecule has 0 spiro atoms. The standard InChI is InChI=1S/C25H26FN5O/c1-17-10-18(15-30(17)25(32)9-7-19-4-2-3-5-23(19)26)16-31-24-8-6-20(11-21(24)14-29-31)22-12-27-28-13-22/h2-6,8,11-14,17-18H,7,9-10,15-16H2,1H3,(H,27,28)/t17-,18+/m1/s1. The van der Waals surface area contributed by atoms with Crippen LogP contribution in [0.4, 0.5) is 4.39 Å². The zero-order valence-electron chi connectivity index (χ0n) is 18.0. The summed E-state index contributed by atoms with van der Waals surface area (Å²) in [5.41, 5.74) is 3.84. The maximum absolute atomic E-state index is 13.9. The van der Waals surface area contributed by atoms with Crippen molar-refractivity contribution in [3.63, 3.8) is 0 Å². The van der Waals surface area contributed by atoms with Crippen molar-refractivity contribution in [1.82, 2.24) is 24.9 Å². The Labute approximate surface area is 186 Å². The summed E-state index contributed by atoms with van der Waals surface area (Å²) in [5, 5.41) is 12.6. The number of aromatic nitrogens is 4. The van der Waals surface area contributed by atoms with Crippen LogP contribution in [-0.2, 0) is 17.8 Å². The molecule has 0 saturated carbocycles. The highest BCUT2D eigenvalue weighted by molar-refractivity contribution is 5.84. The van der Waals surface area contributed by atoms with Crippen LogP contribution in [0.2, 0.25) is 0 Å². The van der Waals surface area contributed by atoms with Crippen molar-refractivity contribution in [3.8, 4) is 11.1 Å². The van der Waals surface area contributed by atoms with Crippen molar-refractivity contribution in [1.29, 1.82) is 0 Å². The van der Waals surface area contributed by atoms with Crippen LogP contribution in [0.3, 0.4) is 0 Å². The molecule has 6 nitrogen and oxygen atoms in total. The second-order valence-corrected chi connectivity index (χ2v) is 8.68. The Morgan fingerprint density at radius 3 is 2.88 bits per heavy atom. The molecule has 2 aromatic heterocycles. The Bertz CT molecular complexity index is 1230. The lowest BCUT2D eigenvalue weighted by Crippen LogP contribution is -2.34. The predicted octanol–water partition coefficient (Wildman–Crippen LogP) is 4.44. The Balaban J connectivity index is 1.23. The van der Waals surface area contributed by atoms with Crippen molar-refractivity contribution in [2.24, 2.45) is 5.92 Å². The van der Waals surface area contributed by atoms with E-state index in [0.29, 0.717) is 30.9 Å². The largest absolute Gasteiger partial charge is 0.340 e. The summed E-state index contributed by atoms with van der Waals surface area (Å²) < 4.78 is 15.9. The van der Waals surface area contributed by atoms with E-state index >= 15 is 0 Å². The number of H-pyrrole nitrogens is 1. The van der Waals surface area contributed by atoms with Gasteiger partial charge in [0.25, 0.3) is 0 Å². The molecule has 1 saturated heterocycles. The van der Waals surface area contributed by atoms with Gasteiger partial charge in [-0.2, -0.15) is 10.2 Å². The number of likely N-dealkylation sites (tertiary alicyclic amines) is 1. The van der Waals surface area contributed by atoms with Crippen molar-refractivity contribution in [2.75, 3.05) is 6.54 Å². The van der Waals surface area contributed by atoms with E-state index in [0.717, 1.165) is 35.0 Å². The lowest BCUT2D eigenvalue weighted by atomic mass is 10.1. The van der Waals surface area contributed by atoms with Crippen LogP contribution < -0.4 is 0 Å². The molecule has 1 aliphatic rings. The number of carbonyl (C=O) groups excluding carboxylic acids is 1. The van der Waals surface area contributed by atoms with Gasteiger partial charge < -0.3 is 4.90 Å². The van der Waals surface area contributed by atoms with E-state index in [9.17, 15) is 9.18 Å². The molecule has 1 amide bonds. The lowest BCUT2D eigenvalue weighted by Gasteiger charge is -2.21. The topological polar surface area (TPSA) is 66.8 Å². The van der Waals surface area contributed by atoms with Crippen LogP contribution in [0.15, 0.2) is 61.1 Å². The Kier molecular flexibility index (Phi) is 5.47. The molecular weight excluding hydrogens is 405 g/mol. The maximum Gasteiger partial charge on any atom is 0.223 e. The highest BCUT2D eigenvalue weighted by Gasteiger charge is 2.32. The van der Waals surface area contributed by atoms with Crippen LogP contribution >= 0.6 is 0 Å². The molecule has 1 aliphatic heterocycles. The number of fused-ring (bicyclic) bond motifs is 1. The van der Waals surface area contributed by atoms with Gasteiger partial charge in [-0.3, -0.25) is 14.6 Å². The van der Waals surface area contributed by atoms with Crippen molar-refractivity contribution < 1.29 is 9.18 Å². The lowest BCUT2D eigenvalue weighted by molar-refractivity contribution is -0.131. The molecule has 1 fully saturated rings. The summed E-state index contributed by atoms with van der Waals surface area (Å²) in [6.45, 7) is 3.58. The summed E-state index contributed by atoms with van der Waals surface area (Å²) in [6, 6.07) is 13.2. The molecule has 7 heteroatoms. The number of carbonyl (C=O) groups is 1. The van der Waals surface area contributed by atoms with Crippen LogP contribution in [0.1, 0.15) is 25.3 Å². The number of benzene rings is 2. The summed E-state index contributed by atoms with van der Waals surface area (Å²) in [4.78, 5) is 14.8. The van der Waals surface area contributed by atoms with E-state index in [1.807, 2.05) is 34.2 Å². The molecule has 3 heterocycles. The fourth-order valence-corrected chi connectivity index (χ4v) is 4.77. The Morgan fingerprint density at radius 1 is 1.19 bits per heavy atom. The molecule has 0 aliphatic carbocycles. The SMILES string of the molecule is C[C@@H]1C[C@H](Cn2ncc3cc(-c4cn[nH]c4)ccc32)CN1C(=O)CCc1ccccc1F. The average Bonchev–Trinajstić information content (AvgIpc) is 3.54. The normalized spacial score (nSPS) is 18.5. The molecular formula is C25H26FN5O. The Morgan fingerprint density at radius 2 is 2.06 bits per heavy atom. The summed E-state index contributed by atoms with van der Waals surface area (Å²) >= 11 is 0. The van der Waals surface area contributed by atoms with E-state index in [1.165, 1.54) is 6.07 Å². The van der Waals surface area contributed by atoms with Crippen molar-refractivity contribution >= 4 is 16.8 Å². The van der Waals surface area contributed by atoms with E-state index in [4.69, 9.17) is 0 Å². The van der Waals surface area contributed by atoms with Gasteiger partial charge in [0.05, 0.1) is 17.9 Å². The summed E-state index contributed by atoms with van der Waals surface area (Å²) in [6.07, 6.45) is 7.29. The molecule has 164 valence electrons. The molecule has 2 atom stereocenters. The van der Waals surface area contributed by atoms with Gasteiger partial charge in [0.15, 0.2) is 0 Å². The number of nitrogens with one attached hydrogen (secondary N) is 1. The zero-order valence-corrected chi connectivity index (χ0v) is 18.0. The summed E-state index contributed by atoms with van der Waals surface area (Å²) in [5.74, 6) is 0.200. The highest BCUT2D eigenvalue weighted by atomic mass is 19.1. The van der Waals surface area contributed by atoms with Gasteiger partial charge >= 0.3 is 0 Å². The Hall–Kier alpha value is -3.48. The van der Waals surface area contributed by atoms with Crippen molar-refractivity contribution in [2.45, 2.75) is 38.8 Å². The number of halogens is 1. The zero-order chi connectivity index (χ0) is 22.1. The molecule has 32 heavy (non-hydrogen) atoms. The fourth-order valence-electron chi connectivity index (χ4n) is 4.77. The first-order valence-corrected chi connectivity index (χ1v) is 11.1. The number of rotatable bonds is 6. The van der Waals surface area contributed by atoms with Gasteiger partial charge in [0.1, 0.15) is 5.82 Å². The van der Waals surface area contributed by atoms with Gasteiger partial charge in [-0.1, -0.05) is 24.3 Å². The van der Waals surface area contributed by atoms with Crippen LogP contribution in [-0.4, -0.2) is 43.4 Å². The number of hydrogen-bond acceptors (Lipinski definition) is 3. The molecule has 0 unspecified atom stereocenters. The van der Waals surface area contributed by atoms with Crippen LogP contribution in [0, 0.1) is 11.7 Å². The van der Waals surface area contributed by atoms with Gasteiger partial charge in [-0.15, -0.1) is 0 Å². The number of aryl methyl sites for hydroxylation is 1. The maximum atomic E-state index is 13.9.